The lowest BCUT2D eigenvalue weighted by Crippen LogP contribution is -2.18. The molecule has 0 saturated carbocycles. The van der Waals surface area contributed by atoms with Crippen LogP contribution >= 0.6 is 0 Å². The minimum Gasteiger partial charge on any atom is -0.390 e. The molecule has 5 nitrogen and oxygen atoms in total. The number of imidazole rings is 1. The van der Waals surface area contributed by atoms with E-state index in [-0.39, 0.29) is 17.7 Å². The molecule has 0 bridgehead atoms. The van der Waals surface area contributed by atoms with Crippen LogP contribution in [0.5, 0.6) is 0 Å². The van der Waals surface area contributed by atoms with Crippen molar-refractivity contribution in [2.75, 3.05) is 14.1 Å². The van der Waals surface area contributed by atoms with Gasteiger partial charge in [-0.1, -0.05) is 12.1 Å². The molecule has 140 valence electrons. The Hall–Kier alpha value is -2.90. The molecule has 0 fully saturated rings. The van der Waals surface area contributed by atoms with Gasteiger partial charge in [-0.25, -0.2) is 13.8 Å². The Labute approximate surface area is 155 Å². The SMILES string of the molecule is CN(C)Cc1ncc(CO)n1-c1ccc(F)cc1C(=O)c1ccccc1F. The molecular weight excluding hydrogens is 352 g/mol. The first-order valence-electron chi connectivity index (χ1n) is 8.32. The number of rotatable bonds is 6. The standard InChI is InChI=1S/C20H19F2N3O2/c1-24(2)11-19-23-10-14(12-26)25(19)18-8-7-13(21)9-16(18)20(27)15-5-3-4-6-17(15)22/h3-10,26H,11-12H2,1-2H3. The molecule has 1 aromatic heterocycles. The number of ketones is 1. The molecule has 7 heteroatoms. The summed E-state index contributed by atoms with van der Waals surface area (Å²) in [6, 6.07) is 9.28. The van der Waals surface area contributed by atoms with E-state index < -0.39 is 17.4 Å². The lowest BCUT2D eigenvalue weighted by molar-refractivity contribution is 0.103. The number of hydrogen-bond acceptors (Lipinski definition) is 4. The van der Waals surface area contributed by atoms with Gasteiger partial charge in [0.05, 0.1) is 36.3 Å². The lowest BCUT2D eigenvalue weighted by Gasteiger charge is -2.17. The van der Waals surface area contributed by atoms with E-state index >= 15 is 0 Å². The summed E-state index contributed by atoms with van der Waals surface area (Å²) in [4.78, 5) is 19.1. The van der Waals surface area contributed by atoms with E-state index in [4.69, 9.17) is 0 Å². The maximum Gasteiger partial charge on any atom is 0.198 e. The summed E-state index contributed by atoms with van der Waals surface area (Å²) >= 11 is 0. The summed E-state index contributed by atoms with van der Waals surface area (Å²) in [5.74, 6) is -1.37. The quantitative estimate of drug-likeness (QED) is 0.677. The maximum absolute atomic E-state index is 14.1. The van der Waals surface area contributed by atoms with Crippen LogP contribution in [0.1, 0.15) is 27.4 Å². The van der Waals surface area contributed by atoms with E-state index in [1.54, 1.807) is 10.6 Å². The van der Waals surface area contributed by atoms with Gasteiger partial charge in [-0.3, -0.25) is 9.36 Å². The average Bonchev–Trinajstić information content (AvgIpc) is 3.03. The van der Waals surface area contributed by atoms with E-state index in [2.05, 4.69) is 4.98 Å². The molecule has 0 radical (unpaired) electrons. The van der Waals surface area contributed by atoms with Gasteiger partial charge in [0.25, 0.3) is 0 Å². The molecule has 0 aliphatic rings. The zero-order valence-electron chi connectivity index (χ0n) is 15.0. The van der Waals surface area contributed by atoms with Crippen molar-refractivity contribution in [1.29, 1.82) is 0 Å². The first kappa shape index (κ1) is 18.9. The topological polar surface area (TPSA) is 58.4 Å². The molecule has 0 aliphatic heterocycles. The number of aliphatic hydroxyl groups is 1. The van der Waals surface area contributed by atoms with Gasteiger partial charge < -0.3 is 10.0 Å². The van der Waals surface area contributed by atoms with Crippen molar-refractivity contribution >= 4 is 5.78 Å². The smallest absolute Gasteiger partial charge is 0.198 e. The van der Waals surface area contributed by atoms with Gasteiger partial charge in [0, 0.05) is 5.56 Å². The molecule has 27 heavy (non-hydrogen) atoms. The summed E-state index contributed by atoms with van der Waals surface area (Å²) < 4.78 is 29.7. The van der Waals surface area contributed by atoms with Gasteiger partial charge >= 0.3 is 0 Å². The average molecular weight is 371 g/mol. The number of benzene rings is 2. The van der Waals surface area contributed by atoms with E-state index in [0.29, 0.717) is 23.8 Å². The molecule has 0 atom stereocenters. The van der Waals surface area contributed by atoms with Gasteiger partial charge in [0.2, 0.25) is 0 Å². The summed E-state index contributed by atoms with van der Waals surface area (Å²) in [5.41, 5.74) is 0.626. The van der Waals surface area contributed by atoms with Gasteiger partial charge in [0.15, 0.2) is 5.78 Å². The number of halogens is 2. The highest BCUT2D eigenvalue weighted by atomic mass is 19.1. The second kappa shape index (κ2) is 7.77. The molecule has 3 rings (SSSR count). The number of hydrogen-bond donors (Lipinski definition) is 1. The van der Waals surface area contributed by atoms with Crippen molar-refractivity contribution in [2.24, 2.45) is 0 Å². The molecule has 3 aromatic rings. The Morgan fingerprint density at radius 1 is 1.15 bits per heavy atom. The van der Waals surface area contributed by atoms with Gasteiger partial charge in [0.1, 0.15) is 17.5 Å². The summed E-state index contributed by atoms with van der Waals surface area (Å²) in [5, 5.41) is 9.68. The van der Waals surface area contributed by atoms with Crippen molar-refractivity contribution in [1.82, 2.24) is 14.5 Å². The van der Waals surface area contributed by atoms with Crippen molar-refractivity contribution in [3.8, 4) is 5.69 Å². The van der Waals surface area contributed by atoms with Crippen molar-refractivity contribution in [2.45, 2.75) is 13.2 Å². The Balaban J connectivity index is 2.21. The summed E-state index contributed by atoms with van der Waals surface area (Å²) in [6.07, 6.45) is 1.50. The highest BCUT2D eigenvalue weighted by Crippen LogP contribution is 2.25. The number of nitrogens with zero attached hydrogens (tertiary/aromatic N) is 3. The van der Waals surface area contributed by atoms with Crippen LogP contribution in [-0.2, 0) is 13.2 Å². The fourth-order valence-corrected chi connectivity index (χ4v) is 2.91. The van der Waals surface area contributed by atoms with Crippen LogP contribution in [0.4, 0.5) is 8.78 Å². The second-order valence-electron chi connectivity index (χ2n) is 6.37. The van der Waals surface area contributed by atoms with Crippen LogP contribution in [0, 0.1) is 11.6 Å². The van der Waals surface area contributed by atoms with Crippen LogP contribution in [0.25, 0.3) is 5.69 Å². The van der Waals surface area contributed by atoms with Crippen molar-refractivity contribution < 1.29 is 18.7 Å². The lowest BCUT2D eigenvalue weighted by atomic mass is 10.0. The van der Waals surface area contributed by atoms with Crippen molar-refractivity contribution in [3.63, 3.8) is 0 Å². The number of aliphatic hydroxyl groups excluding tert-OH is 1. The molecule has 0 spiro atoms. The maximum atomic E-state index is 14.1. The molecule has 0 unspecified atom stereocenters. The number of carbonyl (C=O) groups excluding carboxylic acids is 1. The van der Waals surface area contributed by atoms with Crippen molar-refractivity contribution in [3.05, 3.63) is 82.9 Å². The summed E-state index contributed by atoms with van der Waals surface area (Å²) in [7, 11) is 3.71. The minimum atomic E-state index is -0.681. The molecule has 0 aliphatic carbocycles. The number of carbonyl (C=O) groups is 1. The van der Waals surface area contributed by atoms with E-state index in [0.717, 1.165) is 6.07 Å². The fourth-order valence-electron chi connectivity index (χ4n) is 2.91. The van der Waals surface area contributed by atoms with E-state index in [1.807, 2.05) is 19.0 Å². The molecule has 0 amide bonds. The second-order valence-corrected chi connectivity index (χ2v) is 6.37. The normalized spacial score (nSPS) is 11.2. The highest BCUT2D eigenvalue weighted by molar-refractivity contribution is 6.11. The van der Waals surface area contributed by atoms with Crippen LogP contribution in [-0.4, -0.2) is 39.4 Å². The first-order valence-corrected chi connectivity index (χ1v) is 8.32. The third kappa shape index (κ3) is 3.79. The Morgan fingerprint density at radius 3 is 2.56 bits per heavy atom. The largest absolute Gasteiger partial charge is 0.390 e. The summed E-state index contributed by atoms with van der Waals surface area (Å²) in [6.45, 7) is 0.121. The fraction of sp³-hybridized carbons (Fsp3) is 0.200. The zero-order chi connectivity index (χ0) is 19.6. The Bertz CT molecular complexity index is 983. The number of aromatic nitrogens is 2. The highest BCUT2D eigenvalue weighted by Gasteiger charge is 2.22. The molecular formula is C20H19F2N3O2. The minimum absolute atomic E-state index is 0.00666. The van der Waals surface area contributed by atoms with Gasteiger partial charge in [-0.05, 0) is 44.4 Å². The molecule has 0 saturated heterocycles. The Kier molecular flexibility index (Phi) is 5.43. The third-order valence-corrected chi connectivity index (χ3v) is 4.09. The monoisotopic (exact) mass is 371 g/mol. The van der Waals surface area contributed by atoms with Crippen LogP contribution < -0.4 is 0 Å². The van der Waals surface area contributed by atoms with E-state index in [9.17, 15) is 18.7 Å². The van der Waals surface area contributed by atoms with E-state index in [1.165, 1.54) is 36.5 Å². The predicted octanol–water partition coefficient (Wildman–Crippen LogP) is 2.94. The predicted molar refractivity (Wildman–Crippen MR) is 96.7 cm³/mol. The van der Waals surface area contributed by atoms with Gasteiger partial charge in [-0.15, -0.1) is 0 Å². The zero-order valence-corrected chi connectivity index (χ0v) is 15.0. The third-order valence-electron chi connectivity index (χ3n) is 4.09. The van der Waals surface area contributed by atoms with Crippen LogP contribution in [0.2, 0.25) is 0 Å². The Morgan fingerprint density at radius 2 is 1.89 bits per heavy atom. The van der Waals surface area contributed by atoms with Gasteiger partial charge in [-0.2, -0.15) is 0 Å². The first-order chi connectivity index (χ1) is 12.9. The van der Waals surface area contributed by atoms with Crippen LogP contribution in [0.15, 0.2) is 48.7 Å². The molecule has 1 heterocycles. The molecule has 2 aromatic carbocycles. The molecule has 1 N–H and O–H groups in total. The van der Waals surface area contributed by atoms with Crippen LogP contribution in [0.3, 0.4) is 0 Å².